The third kappa shape index (κ3) is 2.97. The van der Waals surface area contributed by atoms with Gasteiger partial charge in [0.25, 0.3) is 5.89 Å². The number of hydrogen-bond donors (Lipinski definition) is 0. The van der Waals surface area contributed by atoms with E-state index in [1.807, 2.05) is 17.7 Å². The molecule has 0 saturated carbocycles. The molecular formula is C13H19ClN4O. The van der Waals surface area contributed by atoms with E-state index in [0.717, 1.165) is 37.2 Å². The number of rotatable bonds is 6. The molecule has 5 nitrogen and oxygen atoms in total. The lowest BCUT2D eigenvalue weighted by atomic mass is 10.2. The van der Waals surface area contributed by atoms with E-state index in [2.05, 4.69) is 29.1 Å². The maximum absolute atomic E-state index is 6.21. The minimum absolute atomic E-state index is 0.189. The van der Waals surface area contributed by atoms with Crippen molar-refractivity contribution in [3.63, 3.8) is 0 Å². The number of alkyl halides is 1. The molecule has 1 unspecified atom stereocenters. The molecule has 2 heterocycles. The van der Waals surface area contributed by atoms with Gasteiger partial charge in [-0.25, -0.2) is 0 Å². The lowest BCUT2D eigenvalue weighted by molar-refractivity contribution is 0.416. The smallest absolute Gasteiger partial charge is 0.276 e. The highest BCUT2D eigenvalue weighted by Gasteiger charge is 2.19. The highest BCUT2D eigenvalue weighted by Crippen LogP contribution is 2.26. The van der Waals surface area contributed by atoms with Crippen molar-refractivity contribution in [3.8, 4) is 11.6 Å². The summed E-state index contributed by atoms with van der Waals surface area (Å²) >= 11 is 6.21. The zero-order chi connectivity index (χ0) is 13.8. The van der Waals surface area contributed by atoms with Gasteiger partial charge in [0.05, 0.1) is 11.1 Å². The Morgan fingerprint density at radius 1 is 1.37 bits per heavy atom. The number of halogens is 1. The van der Waals surface area contributed by atoms with E-state index < -0.39 is 0 Å². The Hall–Kier alpha value is -1.36. The standard InChI is InChI=1S/C13H19ClN4O/c1-4-7-10(14)12-15-13(19-17-12)11-8-9(5-2)16-18(11)6-3/h8,10H,4-7H2,1-3H3. The van der Waals surface area contributed by atoms with Crippen LogP contribution in [-0.4, -0.2) is 19.9 Å². The van der Waals surface area contributed by atoms with Gasteiger partial charge in [-0.15, -0.1) is 11.6 Å². The van der Waals surface area contributed by atoms with Crippen molar-refractivity contribution < 1.29 is 4.52 Å². The van der Waals surface area contributed by atoms with Crippen molar-refractivity contribution in [2.24, 2.45) is 0 Å². The molecule has 0 aliphatic rings. The van der Waals surface area contributed by atoms with E-state index in [0.29, 0.717) is 11.7 Å². The number of aryl methyl sites for hydroxylation is 2. The third-order valence-electron chi connectivity index (χ3n) is 2.98. The molecule has 0 spiro atoms. The molecule has 2 rings (SSSR count). The van der Waals surface area contributed by atoms with E-state index in [1.165, 1.54) is 0 Å². The predicted molar refractivity (Wildman–Crippen MR) is 74.1 cm³/mol. The van der Waals surface area contributed by atoms with Crippen LogP contribution in [0.5, 0.6) is 0 Å². The van der Waals surface area contributed by atoms with Crippen molar-refractivity contribution in [2.75, 3.05) is 0 Å². The largest absolute Gasteiger partial charge is 0.332 e. The van der Waals surface area contributed by atoms with Gasteiger partial charge in [0, 0.05) is 6.54 Å². The summed E-state index contributed by atoms with van der Waals surface area (Å²) in [5.41, 5.74) is 1.88. The molecule has 0 aromatic carbocycles. The van der Waals surface area contributed by atoms with Crippen LogP contribution < -0.4 is 0 Å². The molecule has 0 bridgehead atoms. The number of hydrogen-bond acceptors (Lipinski definition) is 4. The zero-order valence-electron chi connectivity index (χ0n) is 11.6. The SMILES string of the molecule is CCCC(Cl)c1noc(-c2cc(CC)nn2CC)n1. The molecular weight excluding hydrogens is 264 g/mol. The molecule has 1 atom stereocenters. The first kappa shape index (κ1) is 14.1. The fourth-order valence-electron chi connectivity index (χ4n) is 1.90. The monoisotopic (exact) mass is 282 g/mol. The Balaban J connectivity index is 2.29. The number of nitrogens with zero attached hydrogens (tertiary/aromatic N) is 4. The van der Waals surface area contributed by atoms with E-state index in [9.17, 15) is 0 Å². The summed E-state index contributed by atoms with van der Waals surface area (Å²) in [4.78, 5) is 4.38. The van der Waals surface area contributed by atoms with Gasteiger partial charge in [0.1, 0.15) is 5.69 Å². The summed E-state index contributed by atoms with van der Waals surface area (Å²) in [6.07, 6.45) is 2.72. The van der Waals surface area contributed by atoms with Gasteiger partial charge in [-0.05, 0) is 25.8 Å². The summed E-state index contributed by atoms with van der Waals surface area (Å²) in [7, 11) is 0. The van der Waals surface area contributed by atoms with Crippen molar-refractivity contribution in [2.45, 2.75) is 52.0 Å². The van der Waals surface area contributed by atoms with Crippen LogP contribution in [0, 0.1) is 0 Å². The molecule has 104 valence electrons. The minimum atomic E-state index is -0.189. The molecule has 0 aliphatic carbocycles. The Bertz CT molecular complexity index is 534. The van der Waals surface area contributed by atoms with Gasteiger partial charge in [-0.1, -0.05) is 25.4 Å². The number of aromatic nitrogens is 4. The quantitative estimate of drug-likeness (QED) is 0.760. The van der Waals surface area contributed by atoms with Gasteiger partial charge in [-0.3, -0.25) is 4.68 Å². The average Bonchev–Trinajstić information content (AvgIpc) is 3.05. The summed E-state index contributed by atoms with van der Waals surface area (Å²) in [5.74, 6) is 1.05. The van der Waals surface area contributed by atoms with Crippen molar-refractivity contribution in [1.29, 1.82) is 0 Å². The summed E-state index contributed by atoms with van der Waals surface area (Å²) in [6.45, 7) is 6.96. The molecule has 0 radical (unpaired) electrons. The van der Waals surface area contributed by atoms with Crippen LogP contribution in [0.2, 0.25) is 0 Å². The van der Waals surface area contributed by atoms with Gasteiger partial charge in [0.15, 0.2) is 5.82 Å². The van der Waals surface area contributed by atoms with Gasteiger partial charge < -0.3 is 4.52 Å². The molecule has 19 heavy (non-hydrogen) atoms. The van der Waals surface area contributed by atoms with Crippen LogP contribution in [-0.2, 0) is 13.0 Å². The van der Waals surface area contributed by atoms with E-state index in [1.54, 1.807) is 0 Å². The lowest BCUT2D eigenvalue weighted by Crippen LogP contribution is -2.00. The van der Waals surface area contributed by atoms with Crippen molar-refractivity contribution >= 4 is 11.6 Å². The molecule has 0 amide bonds. The Labute approximate surface area is 118 Å². The second kappa shape index (κ2) is 6.19. The summed E-state index contributed by atoms with van der Waals surface area (Å²) in [5, 5.41) is 8.24. The van der Waals surface area contributed by atoms with Crippen LogP contribution in [0.4, 0.5) is 0 Å². The second-order valence-corrected chi connectivity index (χ2v) is 4.93. The fourth-order valence-corrected chi connectivity index (χ4v) is 2.21. The molecule has 6 heteroatoms. The van der Waals surface area contributed by atoms with Crippen LogP contribution >= 0.6 is 11.6 Å². The Morgan fingerprint density at radius 2 is 2.16 bits per heavy atom. The maximum Gasteiger partial charge on any atom is 0.276 e. The normalized spacial score (nSPS) is 12.8. The highest BCUT2D eigenvalue weighted by atomic mass is 35.5. The maximum atomic E-state index is 6.21. The van der Waals surface area contributed by atoms with Crippen molar-refractivity contribution in [1.82, 2.24) is 19.9 Å². The Morgan fingerprint density at radius 3 is 2.79 bits per heavy atom. The molecule has 2 aromatic rings. The molecule has 2 aromatic heterocycles. The highest BCUT2D eigenvalue weighted by molar-refractivity contribution is 6.20. The van der Waals surface area contributed by atoms with E-state index >= 15 is 0 Å². The molecule has 0 aliphatic heterocycles. The second-order valence-electron chi connectivity index (χ2n) is 4.40. The minimum Gasteiger partial charge on any atom is -0.332 e. The molecule has 0 saturated heterocycles. The van der Waals surface area contributed by atoms with E-state index in [4.69, 9.17) is 16.1 Å². The first-order chi connectivity index (χ1) is 9.19. The van der Waals surface area contributed by atoms with Gasteiger partial charge >= 0.3 is 0 Å². The first-order valence-corrected chi connectivity index (χ1v) is 7.17. The zero-order valence-corrected chi connectivity index (χ0v) is 12.3. The van der Waals surface area contributed by atoms with Crippen molar-refractivity contribution in [3.05, 3.63) is 17.6 Å². The van der Waals surface area contributed by atoms with Gasteiger partial charge in [-0.2, -0.15) is 10.1 Å². The predicted octanol–water partition coefficient (Wildman–Crippen LogP) is 3.60. The summed E-state index contributed by atoms with van der Waals surface area (Å²) < 4.78 is 7.19. The van der Waals surface area contributed by atoms with Crippen LogP contribution in [0.3, 0.4) is 0 Å². The van der Waals surface area contributed by atoms with E-state index in [-0.39, 0.29) is 5.38 Å². The van der Waals surface area contributed by atoms with Gasteiger partial charge in [0.2, 0.25) is 0 Å². The third-order valence-corrected chi connectivity index (χ3v) is 3.39. The fraction of sp³-hybridized carbons (Fsp3) is 0.615. The first-order valence-electron chi connectivity index (χ1n) is 6.74. The molecule has 0 N–H and O–H groups in total. The van der Waals surface area contributed by atoms with Crippen LogP contribution in [0.15, 0.2) is 10.6 Å². The topological polar surface area (TPSA) is 56.7 Å². The van der Waals surface area contributed by atoms with Crippen LogP contribution in [0.1, 0.15) is 50.5 Å². The molecule has 0 fully saturated rings. The lowest BCUT2D eigenvalue weighted by Gasteiger charge is -2.00. The summed E-state index contributed by atoms with van der Waals surface area (Å²) in [6, 6.07) is 1.99. The van der Waals surface area contributed by atoms with Crippen LogP contribution in [0.25, 0.3) is 11.6 Å². The Kier molecular flexibility index (Phi) is 4.58. The average molecular weight is 283 g/mol.